The number of rotatable bonds is 8. The van der Waals surface area contributed by atoms with E-state index in [9.17, 15) is 13.2 Å². The van der Waals surface area contributed by atoms with Crippen molar-refractivity contribution in [2.45, 2.75) is 46.7 Å². The van der Waals surface area contributed by atoms with Crippen LogP contribution in [0, 0.1) is 13.8 Å². The highest BCUT2D eigenvalue weighted by atomic mass is 32.2. The van der Waals surface area contributed by atoms with Crippen LogP contribution in [-0.4, -0.2) is 20.6 Å². The molecule has 0 aliphatic carbocycles. The van der Waals surface area contributed by atoms with Crippen molar-refractivity contribution in [2.24, 2.45) is 0 Å². The van der Waals surface area contributed by atoms with E-state index in [1.807, 2.05) is 51.1 Å². The number of hydrogen-bond donors (Lipinski definition) is 1. The summed E-state index contributed by atoms with van der Waals surface area (Å²) in [5.41, 5.74) is 6.16. The molecule has 5 nitrogen and oxygen atoms in total. The number of hydrogen-bond acceptors (Lipinski definition) is 3. The SMILES string of the molecule is CCc1ccc([C@H](C)NC(=O)c2ccc(CN(c3c(C)cccc3C)S(C)(=O)=O)cc2)cc1. The Morgan fingerprint density at radius 1 is 0.909 bits per heavy atom. The van der Waals surface area contributed by atoms with E-state index in [0.717, 1.165) is 28.7 Å². The Hall–Kier alpha value is -3.12. The van der Waals surface area contributed by atoms with E-state index in [1.54, 1.807) is 24.3 Å². The fraction of sp³-hybridized carbons (Fsp3) is 0.296. The predicted octanol–water partition coefficient (Wildman–Crippen LogP) is 5.32. The summed E-state index contributed by atoms with van der Waals surface area (Å²) in [6, 6.07) is 21.0. The number of para-hydroxylation sites is 1. The van der Waals surface area contributed by atoms with Gasteiger partial charge in [-0.05, 0) is 67.1 Å². The smallest absolute Gasteiger partial charge is 0.251 e. The average molecular weight is 465 g/mol. The lowest BCUT2D eigenvalue weighted by molar-refractivity contribution is 0.0940. The van der Waals surface area contributed by atoms with Crippen LogP contribution in [0.2, 0.25) is 0 Å². The lowest BCUT2D eigenvalue weighted by atomic mass is 10.0. The van der Waals surface area contributed by atoms with Crippen LogP contribution in [0.1, 0.15) is 58.1 Å². The summed E-state index contributed by atoms with van der Waals surface area (Å²) < 4.78 is 26.6. The van der Waals surface area contributed by atoms with Gasteiger partial charge in [0.15, 0.2) is 0 Å². The van der Waals surface area contributed by atoms with Gasteiger partial charge in [0.2, 0.25) is 10.0 Å². The lowest BCUT2D eigenvalue weighted by Gasteiger charge is -2.26. The summed E-state index contributed by atoms with van der Waals surface area (Å²) in [6.07, 6.45) is 2.20. The van der Waals surface area contributed by atoms with Crippen LogP contribution in [0.4, 0.5) is 5.69 Å². The highest BCUT2D eigenvalue weighted by Crippen LogP contribution is 2.28. The fourth-order valence-electron chi connectivity index (χ4n) is 3.89. The maximum Gasteiger partial charge on any atom is 0.251 e. The fourth-order valence-corrected chi connectivity index (χ4v) is 4.90. The first-order chi connectivity index (χ1) is 15.6. The third kappa shape index (κ3) is 6.02. The maximum atomic E-state index is 12.7. The Morgan fingerprint density at radius 3 is 1.97 bits per heavy atom. The molecule has 1 N–H and O–H groups in total. The van der Waals surface area contributed by atoms with Crippen molar-refractivity contribution < 1.29 is 13.2 Å². The van der Waals surface area contributed by atoms with Gasteiger partial charge in [0.25, 0.3) is 5.91 Å². The molecule has 3 aromatic rings. The summed E-state index contributed by atoms with van der Waals surface area (Å²) in [7, 11) is -3.49. The molecule has 0 heterocycles. The molecule has 0 radical (unpaired) electrons. The molecule has 174 valence electrons. The van der Waals surface area contributed by atoms with Crippen molar-refractivity contribution in [1.82, 2.24) is 5.32 Å². The summed E-state index contributed by atoms with van der Waals surface area (Å²) in [5, 5.41) is 3.03. The number of nitrogens with zero attached hydrogens (tertiary/aromatic N) is 1. The predicted molar refractivity (Wildman–Crippen MR) is 135 cm³/mol. The van der Waals surface area contributed by atoms with Crippen molar-refractivity contribution in [3.63, 3.8) is 0 Å². The van der Waals surface area contributed by atoms with E-state index in [1.165, 1.54) is 16.1 Å². The van der Waals surface area contributed by atoms with Crippen molar-refractivity contribution in [1.29, 1.82) is 0 Å². The molecule has 1 amide bonds. The minimum Gasteiger partial charge on any atom is -0.346 e. The first kappa shape index (κ1) is 24.5. The topological polar surface area (TPSA) is 66.5 Å². The summed E-state index contributed by atoms with van der Waals surface area (Å²) in [6.45, 7) is 8.09. The van der Waals surface area contributed by atoms with Crippen LogP contribution in [-0.2, 0) is 23.0 Å². The van der Waals surface area contributed by atoms with E-state index in [-0.39, 0.29) is 18.5 Å². The van der Waals surface area contributed by atoms with Crippen LogP contribution in [0.5, 0.6) is 0 Å². The third-order valence-corrected chi connectivity index (χ3v) is 6.98. The number of benzene rings is 3. The van der Waals surface area contributed by atoms with Crippen LogP contribution < -0.4 is 9.62 Å². The van der Waals surface area contributed by atoms with Gasteiger partial charge >= 0.3 is 0 Å². The third-order valence-electron chi connectivity index (χ3n) is 5.87. The number of amides is 1. The van der Waals surface area contributed by atoms with E-state index in [0.29, 0.717) is 11.3 Å². The highest BCUT2D eigenvalue weighted by Gasteiger charge is 2.21. The van der Waals surface area contributed by atoms with E-state index in [2.05, 4.69) is 24.4 Å². The summed E-state index contributed by atoms with van der Waals surface area (Å²) >= 11 is 0. The normalized spacial score (nSPS) is 12.3. The number of aryl methyl sites for hydroxylation is 3. The maximum absolute atomic E-state index is 12.7. The molecular weight excluding hydrogens is 432 g/mol. The van der Waals surface area contributed by atoms with Crippen LogP contribution in [0.3, 0.4) is 0 Å². The van der Waals surface area contributed by atoms with Crippen molar-refractivity contribution in [3.8, 4) is 0 Å². The molecule has 0 bridgehead atoms. The van der Waals surface area contributed by atoms with Gasteiger partial charge in [-0.25, -0.2) is 8.42 Å². The Morgan fingerprint density at radius 2 is 1.45 bits per heavy atom. The quantitative estimate of drug-likeness (QED) is 0.490. The lowest BCUT2D eigenvalue weighted by Crippen LogP contribution is -2.30. The van der Waals surface area contributed by atoms with Gasteiger partial charge in [-0.1, -0.05) is 61.5 Å². The van der Waals surface area contributed by atoms with Crippen LogP contribution in [0.25, 0.3) is 0 Å². The second-order valence-electron chi connectivity index (χ2n) is 8.50. The van der Waals surface area contributed by atoms with Crippen molar-refractivity contribution in [3.05, 3.63) is 100 Å². The summed E-state index contributed by atoms with van der Waals surface area (Å²) in [4.78, 5) is 12.7. The molecular formula is C27H32N2O3S. The van der Waals surface area contributed by atoms with Gasteiger partial charge in [-0.2, -0.15) is 0 Å². The monoisotopic (exact) mass is 464 g/mol. The second-order valence-corrected chi connectivity index (χ2v) is 10.4. The van der Waals surface area contributed by atoms with Gasteiger partial charge < -0.3 is 5.32 Å². The molecule has 0 saturated carbocycles. The number of sulfonamides is 1. The standard InChI is InChI=1S/C27H32N2O3S/c1-6-22-10-14-24(15-11-22)21(4)28-27(30)25-16-12-23(13-17-25)18-29(33(5,31)32)26-19(2)8-7-9-20(26)3/h7-17,21H,6,18H2,1-5H3,(H,28,30)/t21-/m0/s1. The van der Waals surface area contributed by atoms with Gasteiger partial charge in [0.05, 0.1) is 24.5 Å². The molecule has 6 heteroatoms. The molecule has 0 aliphatic rings. The molecule has 1 atom stereocenters. The highest BCUT2D eigenvalue weighted by molar-refractivity contribution is 7.92. The Balaban J connectivity index is 1.75. The molecule has 0 aromatic heterocycles. The minimum atomic E-state index is -3.49. The zero-order valence-corrected chi connectivity index (χ0v) is 20.7. The zero-order valence-electron chi connectivity index (χ0n) is 19.9. The van der Waals surface area contributed by atoms with Crippen LogP contribution in [0.15, 0.2) is 66.7 Å². The molecule has 0 aliphatic heterocycles. The largest absolute Gasteiger partial charge is 0.346 e. The van der Waals surface area contributed by atoms with Crippen molar-refractivity contribution >= 4 is 21.6 Å². The van der Waals surface area contributed by atoms with E-state index < -0.39 is 10.0 Å². The molecule has 0 spiro atoms. The number of carbonyl (C=O) groups excluding carboxylic acids is 1. The van der Waals surface area contributed by atoms with Gasteiger partial charge in [0, 0.05) is 5.56 Å². The molecule has 0 unspecified atom stereocenters. The summed E-state index contributed by atoms with van der Waals surface area (Å²) in [5.74, 6) is -0.164. The molecule has 33 heavy (non-hydrogen) atoms. The zero-order chi connectivity index (χ0) is 24.2. The minimum absolute atomic E-state index is 0.118. The van der Waals surface area contributed by atoms with E-state index in [4.69, 9.17) is 0 Å². The Labute approximate surface area is 197 Å². The first-order valence-corrected chi connectivity index (χ1v) is 13.0. The molecule has 3 rings (SSSR count). The Bertz CT molecular complexity index is 1200. The molecule has 0 fully saturated rings. The van der Waals surface area contributed by atoms with Gasteiger partial charge in [0.1, 0.15) is 0 Å². The second kappa shape index (κ2) is 10.2. The first-order valence-electron chi connectivity index (χ1n) is 11.1. The Kier molecular flexibility index (Phi) is 7.59. The van der Waals surface area contributed by atoms with Crippen LogP contribution >= 0.6 is 0 Å². The average Bonchev–Trinajstić information content (AvgIpc) is 2.78. The molecule has 3 aromatic carbocycles. The number of nitrogens with one attached hydrogen (secondary N) is 1. The van der Waals surface area contributed by atoms with Gasteiger partial charge in [-0.15, -0.1) is 0 Å². The van der Waals surface area contributed by atoms with Gasteiger partial charge in [-0.3, -0.25) is 9.10 Å². The van der Waals surface area contributed by atoms with Crippen molar-refractivity contribution in [2.75, 3.05) is 10.6 Å². The number of carbonyl (C=O) groups is 1. The number of anilines is 1. The van der Waals surface area contributed by atoms with E-state index >= 15 is 0 Å². The molecule has 0 saturated heterocycles.